The molecule has 2 aromatic rings. The van der Waals surface area contributed by atoms with Gasteiger partial charge in [-0.15, -0.1) is 0 Å². The van der Waals surface area contributed by atoms with E-state index in [1.807, 2.05) is 12.1 Å². The number of hydrogen-bond donors (Lipinski definition) is 3. The number of nitrogens with two attached hydrogens (primary N) is 2. The molecule has 1 aliphatic heterocycles. The molecule has 1 unspecified atom stereocenters. The molecule has 2 amide bonds. The Kier molecular flexibility index (Phi) is 8.03. The van der Waals surface area contributed by atoms with E-state index in [0.717, 1.165) is 38.0 Å². The maximum atomic E-state index is 14.6. The number of carbonyl (C=O) groups excluding carboxylic acids is 1. The molecule has 170 valence electrons. The summed E-state index contributed by atoms with van der Waals surface area (Å²) in [5.74, 6) is -0.324. The normalized spacial score (nSPS) is 15.7. The maximum absolute atomic E-state index is 14.6. The highest BCUT2D eigenvalue weighted by Gasteiger charge is 2.27. The molecule has 0 saturated carbocycles. The van der Waals surface area contributed by atoms with Crippen LogP contribution in [0.2, 0.25) is 0 Å². The maximum Gasteiger partial charge on any atom is 0.316 e. The van der Waals surface area contributed by atoms with Gasteiger partial charge >= 0.3 is 6.03 Å². The van der Waals surface area contributed by atoms with Crippen LogP contribution >= 0.6 is 0 Å². The van der Waals surface area contributed by atoms with Crippen molar-refractivity contribution in [2.24, 2.45) is 11.5 Å². The van der Waals surface area contributed by atoms with Crippen molar-refractivity contribution in [3.05, 3.63) is 59.4 Å². The molecule has 1 heterocycles. The Morgan fingerprint density at radius 2 is 1.97 bits per heavy atom. The number of hydrogen-bond acceptors (Lipinski definition) is 5. The van der Waals surface area contributed by atoms with Crippen molar-refractivity contribution >= 4 is 17.4 Å². The zero-order valence-corrected chi connectivity index (χ0v) is 18.4. The van der Waals surface area contributed by atoms with E-state index >= 15 is 0 Å². The number of primary amides is 1. The number of piperidine rings is 1. The molecular formula is C24H31FN6O. The van der Waals surface area contributed by atoms with Crippen LogP contribution in [0, 0.1) is 17.1 Å². The summed E-state index contributed by atoms with van der Waals surface area (Å²) < 4.78 is 14.6. The highest BCUT2D eigenvalue weighted by molar-refractivity contribution is 5.88. The first-order chi connectivity index (χ1) is 15.4. The summed E-state index contributed by atoms with van der Waals surface area (Å²) in [5, 5.41) is 11.8. The van der Waals surface area contributed by atoms with Crippen LogP contribution in [0.5, 0.6) is 0 Å². The molecule has 0 aliphatic carbocycles. The zero-order chi connectivity index (χ0) is 23.1. The third-order valence-electron chi connectivity index (χ3n) is 6.13. The lowest BCUT2D eigenvalue weighted by Crippen LogP contribution is -2.47. The predicted molar refractivity (Wildman–Crippen MR) is 125 cm³/mol. The van der Waals surface area contributed by atoms with Crippen molar-refractivity contribution in [3.8, 4) is 6.07 Å². The molecule has 2 aromatic carbocycles. The molecule has 5 N–H and O–H groups in total. The van der Waals surface area contributed by atoms with E-state index in [-0.39, 0.29) is 11.9 Å². The zero-order valence-electron chi connectivity index (χ0n) is 18.4. The minimum absolute atomic E-state index is 0.219. The van der Waals surface area contributed by atoms with Gasteiger partial charge in [-0.3, -0.25) is 0 Å². The Bertz CT molecular complexity index is 950. The number of anilines is 2. The van der Waals surface area contributed by atoms with Gasteiger partial charge in [-0.2, -0.15) is 5.26 Å². The van der Waals surface area contributed by atoms with Crippen LogP contribution in [0.25, 0.3) is 0 Å². The number of carbonyl (C=O) groups is 1. The van der Waals surface area contributed by atoms with Gasteiger partial charge in [-0.1, -0.05) is 0 Å². The summed E-state index contributed by atoms with van der Waals surface area (Å²) in [4.78, 5) is 15.8. The highest BCUT2D eigenvalue weighted by atomic mass is 19.1. The Labute approximate surface area is 188 Å². The number of urea groups is 1. The standard InChI is InChI=1S/C24H31FN6O/c1-17(8-11-26)30-12-9-22(10-13-30)31(16-19-14-18(15-27)2-7-23(19)25)21-5-3-20(4-6-21)29-24(28)32/h2-7,14,17,22H,8-13,16,26H2,1H3,(H3,28,29,32). The molecular weight excluding hydrogens is 407 g/mol. The smallest absolute Gasteiger partial charge is 0.316 e. The Balaban J connectivity index is 1.83. The van der Waals surface area contributed by atoms with Crippen LogP contribution in [0.4, 0.5) is 20.6 Å². The van der Waals surface area contributed by atoms with Crippen molar-refractivity contribution in [3.63, 3.8) is 0 Å². The van der Waals surface area contributed by atoms with Crippen LogP contribution in [0.15, 0.2) is 42.5 Å². The van der Waals surface area contributed by atoms with Gasteiger partial charge in [-0.05, 0) is 75.2 Å². The highest BCUT2D eigenvalue weighted by Crippen LogP contribution is 2.29. The SMILES string of the molecule is CC(CCN)N1CCC(N(Cc2cc(C#N)ccc2F)c2ccc(NC(N)=O)cc2)CC1. The van der Waals surface area contributed by atoms with Gasteiger partial charge in [0.1, 0.15) is 5.82 Å². The van der Waals surface area contributed by atoms with Crippen molar-refractivity contribution in [1.82, 2.24) is 4.90 Å². The van der Waals surface area contributed by atoms with E-state index in [9.17, 15) is 14.4 Å². The average Bonchev–Trinajstić information content (AvgIpc) is 2.79. The van der Waals surface area contributed by atoms with Gasteiger partial charge in [-0.25, -0.2) is 9.18 Å². The van der Waals surface area contributed by atoms with E-state index in [1.165, 1.54) is 12.1 Å². The largest absolute Gasteiger partial charge is 0.364 e. The molecule has 1 fully saturated rings. The molecule has 0 radical (unpaired) electrons. The Hall–Kier alpha value is -3.15. The molecule has 1 aliphatic rings. The lowest BCUT2D eigenvalue weighted by atomic mass is 9.99. The molecule has 1 saturated heterocycles. The summed E-state index contributed by atoms with van der Waals surface area (Å²) in [6, 6.07) is 14.0. The van der Waals surface area contributed by atoms with Crippen LogP contribution in [0.3, 0.4) is 0 Å². The molecule has 3 rings (SSSR count). The van der Waals surface area contributed by atoms with Gasteiger partial charge in [0.05, 0.1) is 11.6 Å². The van der Waals surface area contributed by atoms with Gasteiger partial charge < -0.3 is 26.6 Å². The first-order valence-electron chi connectivity index (χ1n) is 11.0. The number of amides is 2. The Morgan fingerprint density at radius 3 is 2.56 bits per heavy atom. The van der Waals surface area contributed by atoms with Gasteiger partial charge in [0, 0.05) is 48.7 Å². The second kappa shape index (κ2) is 10.9. The molecule has 1 atom stereocenters. The van der Waals surface area contributed by atoms with Crippen LogP contribution < -0.4 is 21.7 Å². The number of nitrogens with one attached hydrogen (secondary N) is 1. The third kappa shape index (κ3) is 5.96. The average molecular weight is 439 g/mol. The van der Waals surface area contributed by atoms with Crippen LogP contribution in [-0.4, -0.2) is 42.6 Å². The summed E-state index contributed by atoms with van der Waals surface area (Å²) in [6.45, 7) is 5.13. The molecule has 7 nitrogen and oxygen atoms in total. The minimum atomic E-state index is -0.621. The number of benzene rings is 2. The van der Waals surface area contributed by atoms with E-state index < -0.39 is 6.03 Å². The van der Waals surface area contributed by atoms with Crippen LogP contribution in [0.1, 0.15) is 37.3 Å². The topological polar surface area (TPSA) is 111 Å². The second-order valence-corrected chi connectivity index (χ2v) is 8.28. The van der Waals surface area contributed by atoms with Gasteiger partial charge in [0.25, 0.3) is 0 Å². The summed E-state index contributed by atoms with van der Waals surface area (Å²) in [6.07, 6.45) is 2.85. The van der Waals surface area contributed by atoms with Gasteiger partial charge in [0.2, 0.25) is 0 Å². The van der Waals surface area contributed by atoms with Gasteiger partial charge in [0.15, 0.2) is 0 Å². The summed E-state index contributed by atoms with van der Waals surface area (Å²) in [5.41, 5.74) is 13.4. The van der Waals surface area contributed by atoms with E-state index in [0.29, 0.717) is 35.9 Å². The lowest BCUT2D eigenvalue weighted by molar-refractivity contribution is 0.154. The third-order valence-corrected chi connectivity index (χ3v) is 6.13. The molecule has 32 heavy (non-hydrogen) atoms. The van der Waals surface area contributed by atoms with Crippen molar-refractivity contribution < 1.29 is 9.18 Å². The fourth-order valence-electron chi connectivity index (χ4n) is 4.32. The number of rotatable bonds is 8. The molecule has 0 spiro atoms. The lowest BCUT2D eigenvalue weighted by Gasteiger charge is -2.42. The van der Waals surface area contributed by atoms with E-state index in [1.54, 1.807) is 18.2 Å². The predicted octanol–water partition coefficient (Wildman–Crippen LogP) is 3.40. The quantitative estimate of drug-likeness (QED) is 0.585. The van der Waals surface area contributed by atoms with E-state index in [4.69, 9.17) is 11.5 Å². The van der Waals surface area contributed by atoms with Crippen molar-refractivity contribution in [1.29, 1.82) is 5.26 Å². The Morgan fingerprint density at radius 1 is 1.28 bits per heavy atom. The van der Waals surface area contributed by atoms with E-state index in [2.05, 4.69) is 28.1 Å². The molecule has 8 heteroatoms. The summed E-state index contributed by atoms with van der Waals surface area (Å²) in [7, 11) is 0. The first kappa shape index (κ1) is 23.5. The molecule has 0 bridgehead atoms. The first-order valence-corrected chi connectivity index (χ1v) is 11.0. The molecule has 0 aromatic heterocycles. The minimum Gasteiger partial charge on any atom is -0.364 e. The van der Waals surface area contributed by atoms with Crippen LogP contribution in [-0.2, 0) is 6.54 Å². The fourth-order valence-corrected chi connectivity index (χ4v) is 4.32. The van der Waals surface area contributed by atoms with Crippen molar-refractivity contribution in [2.45, 2.75) is 44.8 Å². The number of halogens is 1. The monoisotopic (exact) mass is 438 g/mol. The summed E-state index contributed by atoms with van der Waals surface area (Å²) >= 11 is 0. The fraction of sp³-hybridized carbons (Fsp3) is 0.417. The number of nitriles is 1. The second-order valence-electron chi connectivity index (χ2n) is 8.28. The number of nitrogens with zero attached hydrogens (tertiary/aromatic N) is 3. The number of likely N-dealkylation sites (tertiary alicyclic amines) is 1. The van der Waals surface area contributed by atoms with Crippen molar-refractivity contribution in [2.75, 3.05) is 29.9 Å².